The van der Waals surface area contributed by atoms with Gasteiger partial charge in [0.15, 0.2) is 0 Å². The number of rotatable bonds is 5. The summed E-state index contributed by atoms with van der Waals surface area (Å²) in [6.07, 6.45) is 3.71. The van der Waals surface area contributed by atoms with E-state index < -0.39 is 5.97 Å². The Kier molecular flexibility index (Phi) is 5.42. The van der Waals surface area contributed by atoms with Gasteiger partial charge >= 0.3 is 5.97 Å². The first-order chi connectivity index (χ1) is 10.1. The molecule has 1 fully saturated rings. The summed E-state index contributed by atoms with van der Waals surface area (Å²) >= 11 is 0. The van der Waals surface area contributed by atoms with E-state index in [0.717, 1.165) is 43.6 Å². The van der Waals surface area contributed by atoms with E-state index in [9.17, 15) is 9.90 Å². The molecule has 0 spiro atoms. The van der Waals surface area contributed by atoms with Crippen LogP contribution in [0.2, 0.25) is 0 Å². The van der Waals surface area contributed by atoms with Gasteiger partial charge < -0.3 is 14.3 Å². The van der Waals surface area contributed by atoms with Crippen molar-refractivity contribution in [3.8, 4) is 0 Å². The number of hydrogen-bond acceptors (Lipinski definition) is 5. The maximum atomic E-state index is 11.6. The third-order valence-corrected chi connectivity index (χ3v) is 4.20. The van der Waals surface area contributed by atoms with Crippen LogP contribution in [0.15, 0.2) is 10.5 Å². The van der Waals surface area contributed by atoms with Gasteiger partial charge in [-0.25, -0.2) is 4.79 Å². The van der Waals surface area contributed by atoms with E-state index in [1.54, 1.807) is 6.07 Å². The summed E-state index contributed by atoms with van der Waals surface area (Å²) in [5, 5.41) is 9.94. The highest BCUT2D eigenvalue weighted by Gasteiger charge is 2.28. The first-order valence-corrected chi connectivity index (χ1v) is 7.68. The molecule has 1 N–H and O–H groups in total. The number of aliphatic hydroxyl groups is 1. The van der Waals surface area contributed by atoms with Gasteiger partial charge in [-0.15, -0.1) is 0 Å². The van der Waals surface area contributed by atoms with E-state index in [2.05, 4.69) is 4.90 Å². The van der Waals surface area contributed by atoms with Crippen LogP contribution in [0.4, 0.5) is 0 Å². The first-order valence-electron chi connectivity index (χ1n) is 7.68. The number of esters is 1. The van der Waals surface area contributed by atoms with Crippen molar-refractivity contribution in [2.45, 2.75) is 58.2 Å². The maximum absolute atomic E-state index is 11.6. The molecule has 21 heavy (non-hydrogen) atoms. The van der Waals surface area contributed by atoms with E-state index >= 15 is 0 Å². The van der Waals surface area contributed by atoms with Gasteiger partial charge in [-0.1, -0.05) is 13.3 Å². The minimum Gasteiger partial charge on any atom is -0.463 e. The minimum absolute atomic E-state index is 0.180. The van der Waals surface area contributed by atoms with Gasteiger partial charge in [0, 0.05) is 24.6 Å². The van der Waals surface area contributed by atoms with E-state index in [1.165, 1.54) is 7.11 Å². The molecule has 0 aromatic carbocycles. The Bertz CT molecular complexity index is 481. The molecule has 0 radical (unpaired) electrons. The number of methoxy groups -OCH3 is 1. The van der Waals surface area contributed by atoms with Crippen molar-refractivity contribution in [1.29, 1.82) is 0 Å². The molecule has 1 aliphatic rings. The Hall–Kier alpha value is -1.33. The minimum atomic E-state index is -0.443. The zero-order chi connectivity index (χ0) is 15.4. The summed E-state index contributed by atoms with van der Waals surface area (Å²) in [6, 6.07) is 1.96. The van der Waals surface area contributed by atoms with Crippen molar-refractivity contribution < 1.29 is 19.1 Å². The van der Waals surface area contributed by atoms with Crippen molar-refractivity contribution in [3.63, 3.8) is 0 Å². The van der Waals surface area contributed by atoms with Crippen LogP contribution in [0.5, 0.6) is 0 Å². The second-order valence-corrected chi connectivity index (χ2v) is 5.68. The normalized spacial score (nSPS) is 21.2. The van der Waals surface area contributed by atoms with Gasteiger partial charge in [0.2, 0.25) is 5.76 Å². The van der Waals surface area contributed by atoms with Crippen molar-refractivity contribution >= 4 is 5.97 Å². The van der Waals surface area contributed by atoms with E-state index in [1.807, 2.05) is 13.8 Å². The second-order valence-electron chi connectivity index (χ2n) is 5.68. The lowest BCUT2D eigenvalue weighted by atomic mass is 9.97. The molecule has 1 aromatic heterocycles. The second kappa shape index (κ2) is 7.09. The number of aliphatic hydroxyl groups excluding tert-OH is 1. The van der Waals surface area contributed by atoms with Crippen molar-refractivity contribution in [1.82, 2.24) is 4.90 Å². The molecular formula is C16H25NO4. The van der Waals surface area contributed by atoms with Crippen LogP contribution in [0.3, 0.4) is 0 Å². The monoisotopic (exact) mass is 295 g/mol. The summed E-state index contributed by atoms with van der Waals surface area (Å²) in [6.45, 7) is 5.53. The Labute approximate surface area is 125 Å². The highest BCUT2D eigenvalue weighted by atomic mass is 16.5. The number of ether oxygens (including phenoxy) is 1. The quantitative estimate of drug-likeness (QED) is 0.845. The average molecular weight is 295 g/mol. The molecule has 1 aromatic rings. The summed E-state index contributed by atoms with van der Waals surface area (Å²) < 4.78 is 10.3. The van der Waals surface area contributed by atoms with Gasteiger partial charge in [0.05, 0.1) is 13.2 Å². The first kappa shape index (κ1) is 16.0. The fourth-order valence-electron chi connectivity index (χ4n) is 3.08. The number of carbonyl (C=O) groups is 1. The molecule has 1 aliphatic heterocycles. The molecule has 118 valence electrons. The van der Waals surface area contributed by atoms with Gasteiger partial charge in [-0.2, -0.15) is 0 Å². The number of piperidine rings is 1. The molecule has 2 atom stereocenters. The van der Waals surface area contributed by atoms with Gasteiger partial charge in [0.25, 0.3) is 0 Å². The molecule has 5 heteroatoms. The zero-order valence-electron chi connectivity index (χ0n) is 13.1. The molecule has 5 nitrogen and oxygen atoms in total. The summed E-state index contributed by atoms with van der Waals surface area (Å²) in [5.41, 5.74) is 1.02. The van der Waals surface area contributed by atoms with Crippen molar-refractivity contribution in [2.24, 2.45) is 0 Å². The van der Waals surface area contributed by atoms with E-state index in [-0.39, 0.29) is 17.9 Å². The summed E-state index contributed by atoms with van der Waals surface area (Å²) in [7, 11) is 1.35. The van der Waals surface area contributed by atoms with Crippen LogP contribution in [0.1, 0.15) is 55.0 Å². The molecule has 2 unspecified atom stereocenters. The SMILES string of the molecule is CCc1oc(C(=O)OC)cc1CN1CCCCC1C(C)O. The van der Waals surface area contributed by atoms with E-state index in [0.29, 0.717) is 6.54 Å². The third kappa shape index (κ3) is 3.66. The number of furan rings is 1. The average Bonchev–Trinajstić information content (AvgIpc) is 2.89. The smallest absolute Gasteiger partial charge is 0.373 e. The van der Waals surface area contributed by atoms with Crippen molar-refractivity contribution in [2.75, 3.05) is 13.7 Å². The lowest BCUT2D eigenvalue weighted by Gasteiger charge is -2.37. The van der Waals surface area contributed by atoms with Crippen LogP contribution < -0.4 is 0 Å². The van der Waals surface area contributed by atoms with Crippen LogP contribution in [-0.4, -0.2) is 41.8 Å². The van der Waals surface area contributed by atoms with Crippen LogP contribution >= 0.6 is 0 Å². The van der Waals surface area contributed by atoms with Crippen LogP contribution in [0.25, 0.3) is 0 Å². The number of hydrogen-bond donors (Lipinski definition) is 1. The van der Waals surface area contributed by atoms with Gasteiger partial charge in [-0.3, -0.25) is 4.90 Å². The topological polar surface area (TPSA) is 62.9 Å². The van der Waals surface area contributed by atoms with Gasteiger partial charge in [0.1, 0.15) is 5.76 Å². The highest BCUT2D eigenvalue weighted by molar-refractivity contribution is 5.86. The Morgan fingerprint density at radius 3 is 2.95 bits per heavy atom. The largest absolute Gasteiger partial charge is 0.463 e. The molecule has 2 rings (SSSR count). The number of aryl methyl sites for hydroxylation is 1. The predicted octanol–water partition coefficient (Wildman–Crippen LogP) is 2.36. The maximum Gasteiger partial charge on any atom is 0.373 e. The fourth-order valence-corrected chi connectivity index (χ4v) is 3.08. The van der Waals surface area contributed by atoms with Crippen LogP contribution in [0, 0.1) is 0 Å². The number of carbonyl (C=O) groups excluding carboxylic acids is 1. The number of nitrogens with zero attached hydrogens (tertiary/aromatic N) is 1. The third-order valence-electron chi connectivity index (χ3n) is 4.20. The standard InChI is InChI=1S/C16H25NO4/c1-4-14-12(9-15(21-14)16(19)20-3)10-17-8-6-5-7-13(17)11(2)18/h9,11,13,18H,4-8,10H2,1-3H3. The highest BCUT2D eigenvalue weighted by Crippen LogP contribution is 2.25. The molecule has 0 saturated carbocycles. The molecule has 0 amide bonds. The lowest BCUT2D eigenvalue weighted by Crippen LogP contribution is -2.45. The Morgan fingerprint density at radius 2 is 2.33 bits per heavy atom. The molecule has 0 aliphatic carbocycles. The molecule has 2 heterocycles. The summed E-state index contributed by atoms with van der Waals surface area (Å²) in [5.74, 6) is 0.641. The van der Waals surface area contributed by atoms with Crippen LogP contribution in [-0.2, 0) is 17.7 Å². The predicted molar refractivity (Wildman–Crippen MR) is 79.2 cm³/mol. The van der Waals surface area contributed by atoms with Crippen molar-refractivity contribution in [3.05, 3.63) is 23.2 Å². The lowest BCUT2D eigenvalue weighted by molar-refractivity contribution is 0.0314. The molecular weight excluding hydrogens is 270 g/mol. The fraction of sp³-hybridized carbons (Fsp3) is 0.688. The number of likely N-dealkylation sites (tertiary alicyclic amines) is 1. The Balaban J connectivity index is 2.17. The zero-order valence-corrected chi connectivity index (χ0v) is 13.1. The van der Waals surface area contributed by atoms with Gasteiger partial charge in [-0.05, 0) is 32.4 Å². The molecule has 1 saturated heterocycles. The molecule has 0 bridgehead atoms. The Morgan fingerprint density at radius 1 is 1.57 bits per heavy atom. The van der Waals surface area contributed by atoms with E-state index in [4.69, 9.17) is 9.15 Å². The summed E-state index contributed by atoms with van der Waals surface area (Å²) in [4.78, 5) is 13.9.